The van der Waals surface area contributed by atoms with Crippen LogP contribution in [0, 0.1) is 16.0 Å². The normalized spacial score (nSPS) is 23.8. The summed E-state index contributed by atoms with van der Waals surface area (Å²) >= 11 is 3.33. The van der Waals surface area contributed by atoms with Crippen LogP contribution in [0.25, 0.3) is 0 Å². The number of nitro benzene ring substituents is 1. The Bertz CT molecular complexity index is 496. The van der Waals surface area contributed by atoms with Crippen LogP contribution in [0.5, 0.6) is 0 Å². The van der Waals surface area contributed by atoms with Crippen molar-refractivity contribution in [3.8, 4) is 0 Å². The molecule has 1 aliphatic rings. The van der Waals surface area contributed by atoms with Crippen LogP contribution in [0.1, 0.15) is 37.8 Å². The Hall–Kier alpha value is -0.980. The van der Waals surface area contributed by atoms with Gasteiger partial charge in [-0.15, -0.1) is 0 Å². The summed E-state index contributed by atoms with van der Waals surface area (Å²) in [5, 5.41) is 11.4. The van der Waals surface area contributed by atoms with Gasteiger partial charge in [0.25, 0.3) is 5.69 Å². The maximum atomic E-state index is 11.4. The number of hydrogen-bond acceptors (Lipinski definition) is 4. The third-order valence-electron chi connectivity index (χ3n) is 4.33. The van der Waals surface area contributed by atoms with E-state index in [0.29, 0.717) is 6.54 Å². The second-order valence-corrected chi connectivity index (χ2v) is 6.44. The lowest BCUT2D eigenvalue weighted by atomic mass is 9.88. The Kier molecular flexibility index (Phi) is 5.72. The summed E-state index contributed by atoms with van der Waals surface area (Å²) in [5.74, 6) is 0.271. The first-order valence-corrected chi connectivity index (χ1v) is 8.25. The van der Waals surface area contributed by atoms with Crippen molar-refractivity contribution in [3.63, 3.8) is 0 Å². The van der Waals surface area contributed by atoms with Crippen LogP contribution >= 0.6 is 15.9 Å². The number of likely N-dealkylation sites (tertiary alicyclic amines) is 1. The molecule has 5 nitrogen and oxygen atoms in total. The largest absolute Gasteiger partial charge is 0.330 e. The van der Waals surface area contributed by atoms with Crippen molar-refractivity contribution in [2.75, 3.05) is 19.6 Å². The average Bonchev–Trinajstić information content (AvgIpc) is 2.68. The number of hydrogen-bond donors (Lipinski definition) is 1. The molecule has 1 heterocycles. The zero-order chi connectivity index (χ0) is 15.4. The Balaban J connectivity index is 2.50. The molecule has 0 aliphatic carbocycles. The van der Waals surface area contributed by atoms with E-state index < -0.39 is 0 Å². The number of nitro groups is 1. The van der Waals surface area contributed by atoms with E-state index >= 15 is 0 Å². The molecule has 1 aromatic carbocycles. The number of nitrogens with two attached hydrogens (primary N) is 1. The van der Waals surface area contributed by atoms with Crippen molar-refractivity contribution in [1.82, 2.24) is 4.90 Å². The first kappa shape index (κ1) is 16.4. The zero-order valence-electron chi connectivity index (χ0n) is 12.3. The molecule has 0 saturated carbocycles. The van der Waals surface area contributed by atoms with Gasteiger partial charge in [0.15, 0.2) is 0 Å². The molecule has 2 unspecified atom stereocenters. The summed E-state index contributed by atoms with van der Waals surface area (Å²) in [6, 6.07) is 5.40. The van der Waals surface area contributed by atoms with Gasteiger partial charge in [0.05, 0.1) is 4.92 Å². The molecule has 0 amide bonds. The summed E-state index contributed by atoms with van der Waals surface area (Å²) in [6.45, 7) is 4.53. The molecule has 0 aromatic heterocycles. The predicted molar refractivity (Wildman–Crippen MR) is 87.2 cm³/mol. The van der Waals surface area contributed by atoms with Crippen LogP contribution in [0.4, 0.5) is 5.69 Å². The Morgan fingerprint density at radius 3 is 2.86 bits per heavy atom. The maximum Gasteiger partial charge on any atom is 0.275 e. The van der Waals surface area contributed by atoms with Gasteiger partial charge in [0.1, 0.15) is 0 Å². The third kappa shape index (κ3) is 3.62. The van der Waals surface area contributed by atoms with Crippen LogP contribution in [0.3, 0.4) is 0 Å². The lowest BCUT2D eigenvalue weighted by Crippen LogP contribution is -2.36. The molecule has 1 saturated heterocycles. The fraction of sp³-hybridized carbons (Fsp3) is 0.600. The van der Waals surface area contributed by atoms with Gasteiger partial charge in [0, 0.05) is 22.1 Å². The monoisotopic (exact) mass is 355 g/mol. The van der Waals surface area contributed by atoms with Crippen LogP contribution in [0.2, 0.25) is 0 Å². The van der Waals surface area contributed by atoms with Crippen molar-refractivity contribution in [2.45, 2.75) is 32.2 Å². The molecule has 6 heteroatoms. The highest BCUT2D eigenvalue weighted by Crippen LogP contribution is 2.39. The van der Waals surface area contributed by atoms with Crippen LogP contribution in [-0.4, -0.2) is 29.5 Å². The number of nitrogens with zero attached hydrogens (tertiary/aromatic N) is 2. The van der Waals surface area contributed by atoms with Crippen molar-refractivity contribution in [3.05, 3.63) is 38.3 Å². The van der Waals surface area contributed by atoms with Gasteiger partial charge in [-0.25, -0.2) is 0 Å². The smallest absolute Gasteiger partial charge is 0.275 e. The zero-order valence-corrected chi connectivity index (χ0v) is 13.9. The average molecular weight is 356 g/mol. The number of benzene rings is 1. The lowest BCUT2D eigenvalue weighted by Gasteiger charge is -2.34. The summed E-state index contributed by atoms with van der Waals surface area (Å²) in [6.07, 6.45) is 3.30. The fourth-order valence-electron chi connectivity index (χ4n) is 3.29. The quantitative estimate of drug-likeness (QED) is 0.662. The molecular weight excluding hydrogens is 334 g/mol. The van der Waals surface area contributed by atoms with Crippen LogP contribution in [-0.2, 0) is 0 Å². The molecule has 2 atom stereocenters. The van der Waals surface area contributed by atoms with Crippen molar-refractivity contribution in [1.29, 1.82) is 0 Å². The van der Waals surface area contributed by atoms with Gasteiger partial charge in [-0.2, -0.15) is 0 Å². The number of rotatable bonds is 4. The SMILES string of the molecule is CCN1CCCCC(CN)C1c1ccc(Br)cc1[N+](=O)[O-]. The highest BCUT2D eigenvalue weighted by molar-refractivity contribution is 9.10. The first-order valence-electron chi connectivity index (χ1n) is 7.46. The van der Waals surface area contributed by atoms with E-state index in [1.54, 1.807) is 6.07 Å². The van der Waals surface area contributed by atoms with Crippen LogP contribution in [0.15, 0.2) is 22.7 Å². The maximum absolute atomic E-state index is 11.4. The minimum atomic E-state index is -0.285. The molecule has 0 spiro atoms. The minimum absolute atomic E-state index is 0.0380. The van der Waals surface area contributed by atoms with Crippen LogP contribution < -0.4 is 5.73 Å². The van der Waals surface area contributed by atoms with E-state index in [-0.39, 0.29) is 22.6 Å². The van der Waals surface area contributed by atoms with Gasteiger partial charge < -0.3 is 5.73 Å². The molecule has 21 heavy (non-hydrogen) atoms. The van der Waals surface area contributed by atoms with Gasteiger partial charge in [-0.3, -0.25) is 15.0 Å². The van der Waals surface area contributed by atoms with E-state index in [4.69, 9.17) is 5.73 Å². The van der Waals surface area contributed by atoms with E-state index in [9.17, 15) is 10.1 Å². The molecule has 0 radical (unpaired) electrons. The summed E-state index contributed by atoms with van der Waals surface area (Å²) < 4.78 is 0.735. The molecule has 1 aliphatic heterocycles. The molecule has 1 fully saturated rings. The standard InChI is InChI=1S/C15H22BrN3O2/c1-2-18-8-4-3-5-11(10-17)15(18)13-7-6-12(16)9-14(13)19(20)21/h6-7,9,11,15H,2-5,8,10,17H2,1H3. The molecule has 116 valence electrons. The Labute approximate surface area is 133 Å². The highest BCUT2D eigenvalue weighted by Gasteiger charge is 2.33. The molecule has 0 bridgehead atoms. The van der Waals surface area contributed by atoms with E-state index in [2.05, 4.69) is 27.8 Å². The Morgan fingerprint density at radius 1 is 1.48 bits per heavy atom. The second-order valence-electron chi connectivity index (χ2n) is 5.53. The van der Waals surface area contributed by atoms with Gasteiger partial charge in [-0.1, -0.05) is 29.3 Å². The topological polar surface area (TPSA) is 72.4 Å². The molecule has 2 rings (SSSR count). The highest BCUT2D eigenvalue weighted by atomic mass is 79.9. The first-order chi connectivity index (χ1) is 10.1. The third-order valence-corrected chi connectivity index (χ3v) is 4.82. The fourth-order valence-corrected chi connectivity index (χ4v) is 3.64. The van der Waals surface area contributed by atoms with Crippen molar-refractivity contribution < 1.29 is 4.92 Å². The summed E-state index contributed by atoms with van der Waals surface area (Å²) in [7, 11) is 0. The van der Waals surface area contributed by atoms with E-state index in [1.165, 1.54) is 0 Å². The van der Waals surface area contributed by atoms with Gasteiger partial charge >= 0.3 is 0 Å². The molecular formula is C15H22BrN3O2. The molecule has 2 N–H and O–H groups in total. The number of halogens is 1. The summed E-state index contributed by atoms with van der Waals surface area (Å²) in [5.41, 5.74) is 6.95. The van der Waals surface area contributed by atoms with E-state index in [0.717, 1.165) is 42.4 Å². The van der Waals surface area contributed by atoms with Gasteiger partial charge in [-0.05, 0) is 50.5 Å². The molecule has 1 aromatic rings. The predicted octanol–water partition coefficient (Wildman–Crippen LogP) is 3.48. The van der Waals surface area contributed by atoms with Crippen molar-refractivity contribution in [2.24, 2.45) is 11.7 Å². The lowest BCUT2D eigenvalue weighted by molar-refractivity contribution is -0.386. The van der Waals surface area contributed by atoms with Crippen molar-refractivity contribution >= 4 is 21.6 Å². The minimum Gasteiger partial charge on any atom is -0.330 e. The summed E-state index contributed by atoms with van der Waals surface area (Å²) in [4.78, 5) is 13.5. The van der Waals surface area contributed by atoms with E-state index in [1.807, 2.05) is 12.1 Å². The van der Waals surface area contributed by atoms with Gasteiger partial charge in [0.2, 0.25) is 0 Å². The Morgan fingerprint density at radius 2 is 2.24 bits per heavy atom. The second kappa shape index (κ2) is 7.33.